The zero-order valence-electron chi connectivity index (χ0n) is 11.5. The van der Waals surface area contributed by atoms with E-state index in [-0.39, 0.29) is 5.02 Å². The molecule has 0 saturated carbocycles. The highest BCUT2D eigenvalue weighted by atomic mass is 35.5. The van der Waals surface area contributed by atoms with E-state index in [2.05, 4.69) is 9.82 Å². The number of rotatable bonds is 6. The molecule has 0 radical (unpaired) electrons. The van der Waals surface area contributed by atoms with Gasteiger partial charge in [0.1, 0.15) is 0 Å². The molecule has 1 aromatic carbocycles. The number of aromatic nitrogens is 2. The van der Waals surface area contributed by atoms with Gasteiger partial charge in [-0.25, -0.2) is 13.1 Å². The van der Waals surface area contributed by atoms with Gasteiger partial charge in [0.05, 0.1) is 11.5 Å². The van der Waals surface area contributed by atoms with Crippen LogP contribution in [-0.2, 0) is 16.6 Å². The van der Waals surface area contributed by atoms with Gasteiger partial charge in [0.15, 0.2) is 4.90 Å². The maximum atomic E-state index is 12.3. The average Bonchev–Trinajstić information content (AvgIpc) is 2.90. The number of nitro benzene ring substituents is 1. The molecule has 1 atom stereocenters. The Morgan fingerprint density at radius 3 is 2.82 bits per heavy atom. The smallest absolute Gasteiger partial charge is 0.271 e. The molecule has 10 heteroatoms. The van der Waals surface area contributed by atoms with Crippen LogP contribution in [0.5, 0.6) is 0 Å². The van der Waals surface area contributed by atoms with Crippen LogP contribution in [0.4, 0.5) is 5.69 Å². The van der Waals surface area contributed by atoms with Crippen LogP contribution in [0.25, 0.3) is 0 Å². The van der Waals surface area contributed by atoms with E-state index in [0.29, 0.717) is 6.54 Å². The van der Waals surface area contributed by atoms with Crippen molar-refractivity contribution < 1.29 is 13.3 Å². The molecule has 1 aromatic heterocycles. The molecule has 1 N–H and O–H groups in total. The number of hydrogen-bond donors (Lipinski definition) is 1. The van der Waals surface area contributed by atoms with E-state index in [0.717, 1.165) is 12.1 Å². The summed E-state index contributed by atoms with van der Waals surface area (Å²) in [6.07, 6.45) is 3.26. The Balaban J connectivity index is 2.25. The highest BCUT2D eigenvalue weighted by molar-refractivity contribution is 7.89. The first-order valence-corrected chi connectivity index (χ1v) is 8.09. The van der Waals surface area contributed by atoms with Gasteiger partial charge in [0.2, 0.25) is 10.0 Å². The monoisotopic (exact) mass is 344 g/mol. The second-order valence-electron chi connectivity index (χ2n) is 4.62. The van der Waals surface area contributed by atoms with E-state index in [1.165, 1.54) is 6.07 Å². The fourth-order valence-electron chi connectivity index (χ4n) is 1.92. The first kappa shape index (κ1) is 16.4. The van der Waals surface area contributed by atoms with Crippen molar-refractivity contribution >= 4 is 27.3 Å². The molecule has 2 rings (SSSR count). The summed E-state index contributed by atoms with van der Waals surface area (Å²) < 4.78 is 28.6. The lowest BCUT2D eigenvalue weighted by Gasteiger charge is -2.14. The van der Waals surface area contributed by atoms with E-state index in [9.17, 15) is 18.5 Å². The van der Waals surface area contributed by atoms with Crippen molar-refractivity contribution in [1.29, 1.82) is 0 Å². The van der Waals surface area contributed by atoms with Gasteiger partial charge < -0.3 is 0 Å². The lowest BCUT2D eigenvalue weighted by molar-refractivity contribution is -0.387. The van der Waals surface area contributed by atoms with Gasteiger partial charge in [-0.05, 0) is 25.1 Å². The molecule has 0 aliphatic carbocycles. The van der Waals surface area contributed by atoms with Crippen LogP contribution < -0.4 is 4.72 Å². The minimum Gasteiger partial charge on any atom is -0.271 e. The van der Waals surface area contributed by atoms with Crippen molar-refractivity contribution in [1.82, 2.24) is 14.5 Å². The molecule has 8 nitrogen and oxygen atoms in total. The molecule has 0 aliphatic rings. The Kier molecular flexibility index (Phi) is 4.79. The summed E-state index contributed by atoms with van der Waals surface area (Å²) >= 11 is 5.68. The van der Waals surface area contributed by atoms with Crippen LogP contribution in [-0.4, -0.2) is 29.2 Å². The van der Waals surface area contributed by atoms with Gasteiger partial charge in [-0.15, -0.1) is 0 Å². The second-order valence-corrected chi connectivity index (χ2v) is 6.74. The molecule has 1 heterocycles. The number of nitrogens with one attached hydrogen (secondary N) is 1. The number of sulfonamides is 1. The fourth-order valence-corrected chi connectivity index (χ4v) is 3.47. The van der Waals surface area contributed by atoms with Gasteiger partial charge in [-0.3, -0.25) is 14.8 Å². The van der Waals surface area contributed by atoms with Crippen LogP contribution in [0.15, 0.2) is 41.6 Å². The molecule has 0 saturated heterocycles. The molecule has 1 unspecified atom stereocenters. The van der Waals surface area contributed by atoms with Crippen LogP contribution >= 0.6 is 11.6 Å². The summed E-state index contributed by atoms with van der Waals surface area (Å²) in [7, 11) is -4.05. The van der Waals surface area contributed by atoms with E-state index in [1.807, 2.05) is 0 Å². The lowest BCUT2D eigenvalue weighted by Crippen LogP contribution is -2.36. The standard InChI is InChI=1S/C12H13ClN4O4S/c1-9(8-16-6-2-5-14-16)15-22(20,21)12-4-3-10(13)7-11(12)17(18)19/h2-7,9,15H,8H2,1H3. The Labute approximate surface area is 131 Å². The van der Waals surface area contributed by atoms with E-state index in [4.69, 9.17) is 11.6 Å². The summed E-state index contributed by atoms with van der Waals surface area (Å²) in [5, 5.41) is 15.1. The SMILES string of the molecule is CC(Cn1cccn1)NS(=O)(=O)c1ccc(Cl)cc1[N+](=O)[O-]. The van der Waals surface area contributed by atoms with Crippen molar-refractivity contribution in [2.75, 3.05) is 0 Å². The quantitative estimate of drug-likeness (QED) is 0.635. The Hall–Kier alpha value is -1.97. The summed E-state index contributed by atoms with van der Waals surface area (Å²) in [5.41, 5.74) is -0.564. The molecule has 0 fully saturated rings. The molecule has 2 aromatic rings. The minimum atomic E-state index is -4.05. The van der Waals surface area contributed by atoms with E-state index in [1.54, 1.807) is 30.1 Å². The average molecular weight is 345 g/mol. The topological polar surface area (TPSA) is 107 Å². The Morgan fingerprint density at radius 2 is 2.23 bits per heavy atom. The maximum absolute atomic E-state index is 12.3. The van der Waals surface area contributed by atoms with Gasteiger partial charge in [0, 0.05) is 29.5 Å². The van der Waals surface area contributed by atoms with Gasteiger partial charge >= 0.3 is 0 Å². The van der Waals surface area contributed by atoms with Crippen molar-refractivity contribution in [3.63, 3.8) is 0 Å². The summed E-state index contributed by atoms with van der Waals surface area (Å²) in [6.45, 7) is 1.94. The highest BCUT2D eigenvalue weighted by Gasteiger charge is 2.27. The van der Waals surface area contributed by atoms with Crippen LogP contribution in [0.3, 0.4) is 0 Å². The van der Waals surface area contributed by atoms with E-state index >= 15 is 0 Å². The molecule has 118 valence electrons. The number of benzene rings is 1. The van der Waals surface area contributed by atoms with Crippen molar-refractivity contribution in [3.05, 3.63) is 51.8 Å². The van der Waals surface area contributed by atoms with Crippen molar-refractivity contribution in [2.24, 2.45) is 0 Å². The Bertz CT molecular complexity index is 776. The lowest BCUT2D eigenvalue weighted by atomic mass is 10.3. The maximum Gasteiger partial charge on any atom is 0.290 e. The number of hydrogen-bond acceptors (Lipinski definition) is 5. The third kappa shape index (κ3) is 3.81. The fraction of sp³-hybridized carbons (Fsp3) is 0.250. The zero-order valence-corrected chi connectivity index (χ0v) is 13.1. The third-order valence-electron chi connectivity index (χ3n) is 2.78. The normalized spacial score (nSPS) is 13.0. The third-order valence-corrected chi connectivity index (χ3v) is 4.66. The van der Waals surface area contributed by atoms with Gasteiger partial charge in [-0.2, -0.15) is 5.10 Å². The Morgan fingerprint density at radius 1 is 1.50 bits per heavy atom. The largest absolute Gasteiger partial charge is 0.290 e. The number of halogens is 1. The zero-order chi connectivity index (χ0) is 16.3. The van der Waals surface area contributed by atoms with Crippen LogP contribution in [0.2, 0.25) is 5.02 Å². The molecular formula is C12H13ClN4O4S. The predicted octanol–water partition coefficient (Wildman–Crippen LogP) is 1.81. The van der Waals surface area contributed by atoms with Crippen molar-refractivity contribution in [2.45, 2.75) is 24.4 Å². The van der Waals surface area contributed by atoms with Gasteiger partial charge in [-0.1, -0.05) is 11.6 Å². The first-order valence-electron chi connectivity index (χ1n) is 6.23. The van der Waals surface area contributed by atoms with E-state index < -0.39 is 31.6 Å². The summed E-state index contributed by atoms with van der Waals surface area (Å²) in [6, 6.07) is 4.63. The van der Waals surface area contributed by atoms with Crippen molar-refractivity contribution in [3.8, 4) is 0 Å². The molecular weight excluding hydrogens is 332 g/mol. The predicted molar refractivity (Wildman–Crippen MR) is 80.1 cm³/mol. The molecule has 0 spiro atoms. The minimum absolute atomic E-state index is 0.0928. The molecule has 0 aliphatic heterocycles. The highest BCUT2D eigenvalue weighted by Crippen LogP contribution is 2.27. The summed E-state index contributed by atoms with van der Waals surface area (Å²) in [4.78, 5) is 9.80. The van der Waals surface area contributed by atoms with Crippen LogP contribution in [0, 0.1) is 10.1 Å². The molecule has 22 heavy (non-hydrogen) atoms. The molecule has 0 bridgehead atoms. The second kappa shape index (κ2) is 6.42. The first-order chi connectivity index (χ1) is 10.3. The summed E-state index contributed by atoms with van der Waals surface area (Å²) in [5.74, 6) is 0. The van der Waals surface area contributed by atoms with Gasteiger partial charge in [0.25, 0.3) is 5.69 Å². The van der Waals surface area contributed by atoms with Crippen LogP contribution in [0.1, 0.15) is 6.92 Å². The molecule has 0 amide bonds. The number of nitrogens with zero attached hydrogens (tertiary/aromatic N) is 3. The number of nitro groups is 1.